The standard InChI is InChI=1S/C25H21ClN2O2/c1-16-13-14-19(17(2)15-16)22-23(27(3)18-9-5-4-6-10-18)25(30)28(24(22)29)21-12-8-7-11-20(21)26/h4-15H,1-3H3. The van der Waals surface area contributed by atoms with Crippen molar-refractivity contribution in [1.82, 2.24) is 0 Å². The van der Waals surface area contributed by atoms with E-state index in [0.29, 0.717) is 22.0 Å². The fraction of sp³-hybridized carbons (Fsp3) is 0.120. The molecule has 0 fully saturated rings. The highest BCUT2D eigenvalue weighted by molar-refractivity contribution is 6.48. The fourth-order valence-corrected chi connectivity index (χ4v) is 4.02. The van der Waals surface area contributed by atoms with Gasteiger partial charge in [0.25, 0.3) is 11.8 Å². The van der Waals surface area contributed by atoms with Gasteiger partial charge in [-0.3, -0.25) is 9.59 Å². The van der Waals surface area contributed by atoms with E-state index in [1.807, 2.05) is 62.4 Å². The van der Waals surface area contributed by atoms with Gasteiger partial charge >= 0.3 is 0 Å². The summed E-state index contributed by atoms with van der Waals surface area (Å²) in [6.07, 6.45) is 0. The van der Waals surface area contributed by atoms with Gasteiger partial charge < -0.3 is 4.90 Å². The number of anilines is 2. The van der Waals surface area contributed by atoms with E-state index in [-0.39, 0.29) is 5.91 Å². The Hall–Kier alpha value is -3.37. The molecule has 3 aromatic rings. The van der Waals surface area contributed by atoms with Crippen molar-refractivity contribution in [1.29, 1.82) is 0 Å². The Bertz CT molecular complexity index is 1180. The minimum atomic E-state index is -0.394. The zero-order valence-electron chi connectivity index (χ0n) is 17.0. The van der Waals surface area contributed by atoms with Gasteiger partial charge in [0.1, 0.15) is 5.70 Å². The van der Waals surface area contributed by atoms with E-state index < -0.39 is 5.91 Å². The quantitative estimate of drug-likeness (QED) is 0.536. The van der Waals surface area contributed by atoms with E-state index in [1.165, 1.54) is 4.90 Å². The molecule has 0 bridgehead atoms. The lowest BCUT2D eigenvalue weighted by Crippen LogP contribution is -2.34. The molecule has 0 radical (unpaired) electrons. The number of hydrogen-bond acceptors (Lipinski definition) is 3. The van der Waals surface area contributed by atoms with Gasteiger partial charge in [-0.05, 0) is 49.2 Å². The third kappa shape index (κ3) is 3.29. The predicted octanol–water partition coefficient (Wildman–Crippen LogP) is 5.38. The van der Waals surface area contributed by atoms with Crippen LogP contribution in [-0.4, -0.2) is 18.9 Å². The Kier molecular flexibility index (Phi) is 5.18. The summed E-state index contributed by atoms with van der Waals surface area (Å²) in [6.45, 7) is 3.95. The molecule has 5 heteroatoms. The second kappa shape index (κ2) is 7.81. The number of para-hydroxylation sites is 2. The Morgan fingerprint density at radius 1 is 0.833 bits per heavy atom. The van der Waals surface area contributed by atoms with Crippen molar-refractivity contribution in [3.8, 4) is 0 Å². The molecule has 1 heterocycles. The Morgan fingerprint density at radius 3 is 2.17 bits per heavy atom. The Morgan fingerprint density at radius 2 is 1.50 bits per heavy atom. The van der Waals surface area contributed by atoms with Crippen molar-refractivity contribution in [3.63, 3.8) is 0 Å². The van der Waals surface area contributed by atoms with Crippen LogP contribution in [0.15, 0.2) is 78.5 Å². The van der Waals surface area contributed by atoms with Crippen molar-refractivity contribution in [2.45, 2.75) is 13.8 Å². The molecule has 2 amide bonds. The number of imide groups is 1. The number of likely N-dealkylation sites (N-methyl/N-ethyl adjacent to an activating group) is 1. The van der Waals surface area contributed by atoms with E-state index in [9.17, 15) is 9.59 Å². The lowest BCUT2D eigenvalue weighted by molar-refractivity contribution is -0.120. The van der Waals surface area contributed by atoms with Crippen molar-refractivity contribution in [2.75, 3.05) is 16.8 Å². The summed E-state index contributed by atoms with van der Waals surface area (Å²) in [5, 5.41) is 0.350. The average Bonchev–Trinajstić information content (AvgIpc) is 2.99. The number of nitrogens with zero attached hydrogens (tertiary/aromatic N) is 2. The zero-order valence-corrected chi connectivity index (χ0v) is 17.8. The van der Waals surface area contributed by atoms with E-state index in [4.69, 9.17) is 11.6 Å². The first-order valence-corrected chi connectivity index (χ1v) is 10.0. The van der Waals surface area contributed by atoms with Crippen molar-refractivity contribution in [2.24, 2.45) is 0 Å². The number of carbonyl (C=O) groups is 2. The van der Waals surface area contributed by atoms with Gasteiger partial charge in [-0.15, -0.1) is 0 Å². The summed E-state index contributed by atoms with van der Waals surface area (Å²) < 4.78 is 0. The molecule has 0 N–H and O–H groups in total. The maximum atomic E-state index is 13.6. The first-order valence-electron chi connectivity index (χ1n) is 9.64. The Labute approximate surface area is 181 Å². The fourth-order valence-electron chi connectivity index (χ4n) is 3.80. The number of carbonyl (C=O) groups excluding carboxylic acids is 2. The van der Waals surface area contributed by atoms with Crippen LogP contribution in [0.4, 0.5) is 11.4 Å². The van der Waals surface area contributed by atoms with Crippen LogP contribution < -0.4 is 9.80 Å². The highest BCUT2D eigenvalue weighted by Crippen LogP contribution is 2.39. The maximum Gasteiger partial charge on any atom is 0.282 e. The number of benzene rings is 3. The molecule has 0 spiro atoms. The second-order valence-corrected chi connectivity index (χ2v) is 7.74. The van der Waals surface area contributed by atoms with Gasteiger partial charge in [0.05, 0.1) is 16.3 Å². The molecule has 0 saturated carbocycles. The molecule has 0 atom stereocenters. The van der Waals surface area contributed by atoms with Crippen molar-refractivity contribution >= 4 is 40.4 Å². The summed E-state index contributed by atoms with van der Waals surface area (Å²) in [6, 6.07) is 22.3. The molecule has 0 unspecified atom stereocenters. The molecule has 1 aliphatic rings. The number of rotatable bonds is 4. The van der Waals surface area contributed by atoms with E-state index in [0.717, 1.165) is 22.4 Å². The molecule has 1 aliphatic heterocycles. The zero-order chi connectivity index (χ0) is 21.4. The van der Waals surface area contributed by atoms with E-state index >= 15 is 0 Å². The number of amides is 2. The minimum Gasteiger partial charge on any atom is -0.339 e. The molecular weight excluding hydrogens is 396 g/mol. The maximum absolute atomic E-state index is 13.6. The molecule has 4 nitrogen and oxygen atoms in total. The van der Waals surface area contributed by atoms with Gasteiger partial charge in [-0.2, -0.15) is 0 Å². The highest BCUT2D eigenvalue weighted by Gasteiger charge is 2.43. The van der Waals surface area contributed by atoms with Crippen molar-refractivity contribution in [3.05, 3.63) is 100 Å². The first kappa shape index (κ1) is 19.9. The van der Waals surface area contributed by atoms with Crippen LogP contribution in [0.3, 0.4) is 0 Å². The molecule has 0 saturated heterocycles. The Balaban J connectivity index is 1.94. The molecule has 3 aromatic carbocycles. The lowest BCUT2D eigenvalue weighted by Gasteiger charge is -2.22. The van der Waals surface area contributed by atoms with Gasteiger partial charge in [0.2, 0.25) is 0 Å². The van der Waals surface area contributed by atoms with Gasteiger partial charge in [0, 0.05) is 12.7 Å². The van der Waals surface area contributed by atoms with Crippen LogP contribution >= 0.6 is 11.6 Å². The van der Waals surface area contributed by atoms with Gasteiger partial charge in [-0.25, -0.2) is 4.90 Å². The summed E-state index contributed by atoms with van der Waals surface area (Å²) in [7, 11) is 1.80. The van der Waals surface area contributed by atoms with Crippen LogP contribution in [0, 0.1) is 13.8 Å². The van der Waals surface area contributed by atoms with Crippen LogP contribution in [0.5, 0.6) is 0 Å². The number of hydrogen-bond donors (Lipinski definition) is 0. The number of aryl methyl sites for hydroxylation is 2. The molecular formula is C25H21ClN2O2. The van der Waals surface area contributed by atoms with Crippen LogP contribution in [0.25, 0.3) is 5.57 Å². The SMILES string of the molecule is Cc1ccc(C2=C(N(C)c3ccccc3)C(=O)N(c3ccccc3Cl)C2=O)c(C)c1. The molecule has 0 aromatic heterocycles. The first-order chi connectivity index (χ1) is 14.4. The van der Waals surface area contributed by atoms with Gasteiger partial charge in [-0.1, -0.05) is 65.7 Å². The minimum absolute atomic E-state index is 0.332. The molecule has 0 aliphatic carbocycles. The number of halogens is 1. The van der Waals surface area contributed by atoms with E-state index in [1.54, 1.807) is 36.2 Å². The average molecular weight is 417 g/mol. The predicted molar refractivity (Wildman–Crippen MR) is 122 cm³/mol. The van der Waals surface area contributed by atoms with Crippen LogP contribution in [-0.2, 0) is 9.59 Å². The van der Waals surface area contributed by atoms with E-state index in [2.05, 4.69) is 0 Å². The van der Waals surface area contributed by atoms with Gasteiger partial charge in [0.15, 0.2) is 0 Å². The molecule has 150 valence electrons. The summed E-state index contributed by atoms with van der Waals surface area (Å²) in [4.78, 5) is 30.1. The largest absolute Gasteiger partial charge is 0.339 e. The summed E-state index contributed by atoms with van der Waals surface area (Å²) >= 11 is 6.35. The third-order valence-corrected chi connectivity index (χ3v) is 5.60. The summed E-state index contributed by atoms with van der Waals surface area (Å²) in [5.74, 6) is -0.771. The topological polar surface area (TPSA) is 40.6 Å². The van der Waals surface area contributed by atoms with Crippen molar-refractivity contribution < 1.29 is 9.59 Å². The van der Waals surface area contributed by atoms with Crippen LogP contribution in [0.1, 0.15) is 16.7 Å². The highest BCUT2D eigenvalue weighted by atomic mass is 35.5. The third-order valence-electron chi connectivity index (χ3n) is 5.28. The summed E-state index contributed by atoms with van der Waals surface area (Å²) in [5.41, 5.74) is 4.68. The second-order valence-electron chi connectivity index (χ2n) is 7.33. The monoisotopic (exact) mass is 416 g/mol. The van der Waals surface area contributed by atoms with Crippen LogP contribution in [0.2, 0.25) is 5.02 Å². The molecule has 30 heavy (non-hydrogen) atoms. The molecule has 4 rings (SSSR count). The normalized spacial score (nSPS) is 13.9. The smallest absolute Gasteiger partial charge is 0.282 e. The lowest BCUT2D eigenvalue weighted by atomic mass is 9.97.